The third kappa shape index (κ3) is 5.83. The number of carbonyl (C=O) groups is 1. The van der Waals surface area contributed by atoms with E-state index in [4.69, 9.17) is 10.4 Å². The summed E-state index contributed by atoms with van der Waals surface area (Å²) < 4.78 is 1.98. The average molecular weight is 421 g/mol. The molecule has 0 bridgehead atoms. The van der Waals surface area contributed by atoms with Gasteiger partial charge in [-0.1, -0.05) is 34.9 Å². The van der Waals surface area contributed by atoms with E-state index in [-0.39, 0.29) is 28.8 Å². The summed E-state index contributed by atoms with van der Waals surface area (Å²) in [4.78, 5) is 24.5. The minimum absolute atomic E-state index is 0.0587. The number of nitriles is 2. The fourth-order valence-electron chi connectivity index (χ4n) is 2.46. The molecule has 0 spiro atoms. The van der Waals surface area contributed by atoms with Gasteiger partial charge in [-0.05, 0) is 31.0 Å². The number of carbonyl (C=O) groups excluding carboxylic acids is 1. The van der Waals surface area contributed by atoms with Gasteiger partial charge in [0.2, 0.25) is 0 Å². The van der Waals surface area contributed by atoms with Crippen molar-refractivity contribution in [3.8, 4) is 12.1 Å². The van der Waals surface area contributed by atoms with Gasteiger partial charge in [0.25, 0.3) is 11.5 Å². The molecule has 3 N–H and O–H groups in total. The minimum Gasteiger partial charge on any atom is -0.396 e. The molecule has 30 heavy (non-hydrogen) atoms. The predicted octanol–water partition coefficient (Wildman–Crippen LogP) is -0.0611. The molecule has 9 heteroatoms. The first-order chi connectivity index (χ1) is 14.5. The van der Waals surface area contributed by atoms with E-state index in [0.717, 1.165) is 22.6 Å². The Morgan fingerprint density at radius 1 is 1.37 bits per heavy atom. The lowest BCUT2D eigenvalue weighted by molar-refractivity contribution is -0.116. The zero-order chi connectivity index (χ0) is 21.9. The first-order valence-electron chi connectivity index (χ1n) is 9.01. The van der Waals surface area contributed by atoms with E-state index in [9.17, 15) is 14.9 Å². The number of hydrogen-bond acceptors (Lipinski definition) is 7. The van der Waals surface area contributed by atoms with Crippen LogP contribution in [0.15, 0.2) is 40.8 Å². The molecule has 0 saturated carbocycles. The molecular formula is C21H19N5O3S. The van der Waals surface area contributed by atoms with E-state index >= 15 is 0 Å². The van der Waals surface area contributed by atoms with Crippen molar-refractivity contribution in [1.29, 1.82) is 10.5 Å². The maximum absolute atomic E-state index is 12.6. The summed E-state index contributed by atoms with van der Waals surface area (Å²) in [5.74, 6) is -0.729. The van der Waals surface area contributed by atoms with Crippen LogP contribution >= 0.6 is 11.3 Å². The number of hydrogen-bond donors (Lipinski definition) is 3. The molecule has 8 nitrogen and oxygen atoms in total. The quantitative estimate of drug-likeness (QED) is 0.326. The Hall–Kier alpha value is -3.84. The number of rotatable bonds is 7. The molecule has 1 aromatic heterocycles. The second-order valence-corrected chi connectivity index (χ2v) is 6.84. The van der Waals surface area contributed by atoms with Gasteiger partial charge >= 0.3 is 0 Å². The lowest BCUT2D eigenvalue weighted by atomic mass is 10.1. The van der Waals surface area contributed by atoms with Crippen molar-refractivity contribution in [3.63, 3.8) is 0 Å². The maximum atomic E-state index is 12.6. The average Bonchev–Trinajstić information content (AvgIpc) is 3.05. The van der Waals surface area contributed by atoms with Gasteiger partial charge in [-0.2, -0.15) is 10.5 Å². The van der Waals surface area contributed by atoms with Gasteiger partial charge in [0.1, 0.15) is 21.8 Å². The molecule has 0 atom stereocenters. The maximum Gasteiger partial charge on any atom is 0.277 e. The summed E-state index contributed by atoms with van der Waals surface area (Å²) >= 11 is 1.05. The monoisotopic (exact) mass is 421 g/mol. The lowest BCUT2D eigenvalue weighted by Crippen LogP contribution is -2.30. The molecule has 2 aromatic rings. The first-order valence-corrected chi connectivity index (χ1v) is 9.83. The van der Waals surface area contributed by atoms with Gasteiger partial charge in [0, 0.05) is 25.0 Å². The Morgan fingerprint density at radius 3 is 2.83 bits per heavy atom. The second kappa shape index (κ2) is 11.2. The zero-order valence-electron chi connectivity index (χ0n) is 16.2. The fraction of sp³-hybridized carbons (Fsp3) is 0.238. The normalized spacial score (nSPS) is 9.47. The van der Waals surface area contributed by atoms with Gasteiger partial charge in [0.15, 0.2) is 5.57 Å². The highest BCUT2D eigenvalue weighted by Crippen LogP contribution is 2.10. The van der Waals surface area contributed by atoms with Crippen molar-refractivity contribution in [3.05, 3.63) is 61.2 Å². The van der Waals surface area contributed by atoms with E-state index in [1.807, 2.05) is 24.3 Å². The number of benzene rings is 1. The highest BCUT2D eigenvalue weighted by Gasteiger charge is 2.08. The summed E-state index contributed by atoms with van der Waals surface area (Å²) in [6, 6.07) is 11.0. The Kier molecular flexibility index (Phi) is 8.40. The number of aromatic nitrogens is 1. The van der Waals surface area contributed by atoms with Crippen LogP contribution in [0.2, 0.25) is 0 Å². The Balaban J connectivity index is 2.49. The van der Waals surface area contributed by atoms with Crippen LogP contribution in [-0.4, -0.2) is 28.7 Å². The highest BCUT2D eigenvalue weighted by atomic mass is 32.1. The molecular weight excluding hydrogens is 402 g/mol. The summed E-state index contributed by atoms with van der Waals surface area (Å²) in [7, 11) is 0. The number of nitrogens with one attached hydrogen (secondary N) is 2. The van der Waals surface area contributed by atoms with Gasteiger partial charge in [0.05, 0.1) is 6.07 Å². The molecule has 0 aliphatic heterocycles. The van der Waals surface area contributed by atoms with Crippen molar-refractivity contribution in [2.45, 2.75) is 19.9 Å². The molecule has 0 aliphatic carbocycles. The van der Waals surface area contributed by atoms with E-state index in [1.54, 1.807) is 19.1 Å². The van der Waals surface area contributed by atoms with Crippen LogP contribution in [0.25, 0.3) is 11.5 Å². The second-order valence-electron chi connectivity index (χ2n) is 5.85. The van der Waals surface area contributed by atoms with Gasteiger partial charge in [-0.25, -0.2) is 0 Å². The topological polar surface area (TPSA) is 131 Å². The van der Waals surface area contributed by atoms with Crippen LogP contribution in [0.1, 0.15) is 12.5 Å². The fourth-order valence-corrected chi connectivity index (χ4v) is 3.45. The number of aliphatic hydroxyl groups is 1. The molecule has 0 aliphatic rings. The lowest BCUT2D eigenvalue weighted by Gasteiger charge is -2.02. The molecule has 1 amide bonds. The van der Waals surface area contributed by atoms with Crippen LogP contribution < -0.4 is 25.4 Å². The van der Waals surface area contributed by atoms with Crippen molar-refractivity contribution in [2.24, 2.45) is 0 Å². The largest absolute Gasteiger partial charge is 0.396 e. The molecule has 0 fully saturated rings. The molecule has 0 unspecified atom stereocenters. The predicted molar refractivity (Wildman–Crippen MR) is 113 cm³/mol. The van der Waals surface area contributed by atoms with Crippen LogP contribution in [0.5, 0.6) is 0 Å². The van der Waals surface area contributed by atoms with E-state index in [1.165, 1.54) is 10.8 Å². The molecule has 1 heterocycles. The Labute approximate surface area is 176 Å². The van der Waals surface area contributed by atoms with Crippen LogP contribution in [0.4, 0.5) is 5.69 Å². The van der Waals surface area contributed by atoms with Gasteiger partial charge < -0.3 is 15.7 Å². The number of thiazole rings is 1. The number of anilines is 1. The smallest absolute Gasteiger partial charge is 0.277 e. The van der Waals surface area contributed by atoms with Crippen LogP contribution in [0, 0.1) is 22.7 Å². The van der Waals surface area contributed by atoms with Crippen molar-refractivity contribution in [1.82, 2.24) is 9.88 Å². The third-order valence-electron chi connectivity index (χ3n) is 3.87. The first kappa shape index (κ1) is 22.4. The summed E-state index contributed by atoms with van der Waals surface area (Å²) in [5, 5.41) is 32.1. The molecule has 0 saturated heterocycles. The molecule has 0 radical (unpaired) electrons. The van der Waals surface area contributed by atoms with Crippen molar-refractivity contribution in [2.75, 3.05) is 18.5 Å². The van der Waals surface area contributed by atoms with Crippen molar-refractivity contribution < 1.29 is 9.90 Å². The standard InChI is InChI=1S/C21H19N5O3S/c1-2-26-19(13-16(14-23)20(28)25-10-8-22)30-18(21(26)29)6-9-24-17-5-3-4-15(12-17)7-11-27/h3-5,9,12,24,27H,2,7,10-11H2,1H3,(H,25,28). The zero-order valence-corrected chi connectivity index (χ0v) is 17.0. The van der Waals surface area contributed by atoms with E-state index < -0.39 is 5.91 Å². The van der Waals surface area contributed by atoms with E-state index in [2.05, 4.69) is 22.1 Å². The number of amides is 1. The summed E-state index contributed by atoms with van der Waals surface area (Å²) in [6.07, 6.45) is 2.05. The van der Waals surface area contributed by atoms with Gasteiger partial charge in [-0.3, -0.25) is 14.2 Å². The molecule has 152 valence electrons. The molecule has 2 rings (SSSR count). The highest BCUT2D eigenvalue weighted by molar-refractivity contribution is 7.07. The number of nitrogens with zero attached hydrogens (tertiary/aromatic N) is 3. The summed E-state index contributed by atoms with van der Waals surface area (Å²) in [6.45, 7) is 1.92. The van der Waals surface area contributed by atoms with Crippen LogP contribution in [0.3, 0.4) is 0 Å². The van der Waals surface area contributed by atoms with Crippen molar-refractivity contribution >= 4 is 34.4 Å². The third-order valence-corrected chi connectivity index (χ3v) is 4.88. The van der Waals surface area contributed by atoms with E-state index in [0.29, 0.717) is 17.6 Å². The SMILES string of the molecule is CCn1c(=C=C(C#N)C(=O)NCC#N)sc(=C=CNc2cccc(CCO)c2)c1=O. The molecule has 1 aromatic carbocycles. The Bertz CT molecular complexity index is 1260. The number of aliphatic hydroxyl groups excluding tert-OH is 1. The summed E-state index contributed by atoms with van der Waals surface area (Å²) in [5.41, 5.74) is 6.68. The van der Waals surface area contributed by atoms with Gasteiger partial charge in [-0.15, -0.1) is 0 Å². The minimum atomic E-state index is -0.729. The Morgan fingerprint density at radius 2 is 2.17 bits per heavy atom. The van der Waals surface area contributed by atoms with Crippen LogP contribution in [-0.2, 0) is 17.8 Å².